The zero-order chi connectivity index (χ0) is 12.5. The Hall–Kier alpha value is -2.42. The minimum absolute atomic E-state index is 0.109. The fraction of sp³-hybridized carbons (Fsp3) is 0.0667. The maximum atomic E-state index is 12.1. The average molecular weight is 237 g/mol. The molecule has 0 amide bonds. The second-order valence-electron chi connectivity index (χ2n) is 4.17. The molecule has 0 aliphatic rings. The number of fused-ring (bicyclic) bond motifs is 1. The molecule has 0 unspecified atom stereocenters. The Bertz CT molecular complexity index is 714. The highest BCUT2D eigenvalue weighted by Crippen LogP contribution is 2.17. The third kappa shape index (κ3) is 1.80. The van der Waals surface area contributed by atoms with Crippen LogP contribution in [0.4, 0.5) is 0 Å². The second-order valence-corrected chi connectivity index (χ2v) is 4.17. The lowest BCUT2D eigenvalue weighted by atomic mass is 10.1. The molecule has 0 N–H and O–H groups in total. The third-order valence-electron chi connectivity index (χ3n) is 2.84. The van der Waals surface area contributed by atoms with Crippen LogP contribution in [0.3, 0.4) is 0 Å². The van der Waals surface area contributed by atoms with Crippen molar-refractivity contribution in [2.45, 2.75) is 6.92 Å². The topological polar surface area (TPSA) is 43.1 Å². The summed E-state index contributed by atoms with van der Waals surface area (Å²) in [5.74, 6) is 0.247. The number of aromatic nitrogens is 1. The number of rotatable bonds is 2. The predicted molar refractivity (Wildman–Crippen MR) is 68.6 cm³/mol. The standard InChI is InChI=1S/C15H11NO2/c1-10-4-5-11-9-12(6-7-13(11)16-10)15(17)14-3-2-8-18-14/h2-9H,1H3. The van der Waals surface area contributed by atoms with E-state index in [1.165, 1.54) is 6.26 Å². The highest BCUT2D eigenvalue weighted by atomic mass is 16.3. The first-order chi connectivity index (χ1) is 8.74. The van der Waals surface area contributed by atoms with Crippen LogP contribution in [0.2, 0.25) is 0 Å². The molecular formula is C15H11NO2. The van der Waals surface area contributed by atoms with E-state index in [0.29, 0.717) is 11.3 Å². The highest BCUT2D eigenvalue weighted by Gasteiger charge is 2.12. The van der Waals surface area contributed by atoms with Gasteiger partial charge in [0, 0.05) is 16.6 Å². The van der Waals surface area contributed by atoms with Gasteiger partial charge in [0.15, 0.2) is 5.76 Å². The Labute approximate surface area is 104 Å². The number of furan rings is 1. The van der Waals surface area contributed by atoms with Crippen molar-refractivity contribution in [3.05, 3.63) is 65.7 Å². The predicted octanol–water partition coefficient (Wildman–Crippen LogP) is 3.37. The van der Waals surface area contributed by atoms with E-state index in [9.17, 15) is 4.79 Å². The van der Waals surface area contributed by atoms with Crippen molar-refractivity contribution in [3.63, 3.8) is 0 Å². The summed E-state index contributed by atoms with van der Waals surface area (Å²) in [6.45, 7) is 1.95. The van der Waals surface area contributed by atoms with Crippen LogP contribution in [-0.4, -0.2) is 10.8 Å². The molecule has 0 saturated heterocycles. The van der Waals surface area contributed by atoms with Gasteiger partial charge in [-0.25, -0.2) is 0 Å². The summed E-state index contributed by atoms with van der Waals surface area (Å²) >= 11 is 0. The Morgan fingerprint density at radius 3 is 2.83 bits per heavy atom. The van der Waals surface area contributed by atoms with Crippen molar-refractivity contribution in [3.8, 4) is 0 Å². The molecule has 0 saturated carbocycles. The number of ketones is 1. The van der Waals surface area contributed by atoms with Crippen LogP contribution in [0.1, 0.15) is 21.8 Å². The van der Waals surface area contributed by atoms with Gasteiger partial charge in [0.1, 0.15) is 0 Å². The summed E-state index contributed by atoms with van der Waals surface area (Å²) in [5, 5.41) is 0.956. The van der Waals surface area contributed by atoms with E-state index in [0.717, 1.165) is 16.6 Å². The largest absolute Gasteiger partial charge is 0.461 e. The molecule has 88 valence electrons. The van der Waals surface area contributed by atoms with E-state index in [2.05, 4.69) is 4.98 Å². The molecule has 2 aromatic heterocycles. The van der Waals surface area contributed by atoms with Crippen molar-refractivity contribution in [2.75, 3.05) is 0 Å². The molecule has 1 aromatic carbocycles. The van der Waals surface area contributed by atoms with Crippen molar-refractivity contribution >= 4 is 16.7 Å². The highest BCUT2D eigenvalue weighted by molar-refractivity contribution is 6.08. The van der Waals surface area contributed by atoms with Crippen molar-refractivity contribution < 1.29 is 9.21 Å². The lowest BCUT2D eigenvalue weighted by Gasteiger charge is -2.02. The number of benzene rings is 1. The van der Waals surface area contributed by atoms with Gasteiger partial charge >= 0.3 is 0 Å². The van der Waals surface area contributed by atoms with Crippen molar-refractivity contribution in [1.29, 1.82) is 0 Å². The molecule has 0 radical (unpaired) electrons. The van der Waals surface area contributed by atoms with Gasteiger partial charge in [0.2, 0.25) is 5.78 Å². The average Bonchev–Trinajstić information content (AvgIpc) is 2.91. The molecule has 0 fully saturated rings. The SMILES string of the molecule is Cc1ccc2cc(C(=O)c3ccco3)ccc2n1. The molecule has 0 bridgehead atoms. The molecule has 0 spiro atoms. The summed E-state index contributed by atoms with van der Waals surface area (Å²) in [7, 11) is 0. The zero-order valence-corrected chi connectivity index (χ0v) is 9.88. The summed E-state index contributed by atoms with van der Waals surface area (Å²) in [6.07, 6.45) is 1.50. The summed E-state index contributed by atoms with van der Waals surface area (Å²) in [5.41, 5.74) is 2.47. The van der Waals surface area contributed by atoms with Crippen LogP contribution in [0.15, 0.2) is 53.1 Å². The molecule has 0 atom stereocenters. The van der Waals surface area contributed by atoms with Gasteiger partial charge in [0.25, 0.3) is 0 Å². The Kier molecular flexibility index (Phi) is 2.45. The normalized spacial score (nSPS) is 10.7. The quantitative estimate of drug-likeness (QED) is 0.642. The second kappa shape index (κ2) is 4.11. The fourth-order valence-corrected chi connectivity index (χ4v) is 1.92. The van der Waals surface area contributed by atoms with Crippen LogP contribution in [-0.2, 0) is 0 Å². The first-order valence-corrected chi connectivity index (χ1v) is 5.70. The van der Waals surface area contributed by atoms with Gasteiger partial charge in [0.05, 0.1) is 11.8 Å². The van der Waals surface area contributed by atoms with E-state index in [1.807, 2.05) is 31.2 Å². The van der Waals surface area contributed by atoms with Gasteiger partial charge in [-0.15, -0.1) is 0 Å². The van der Waals surface area contributed by atoms with Gasteiger partial charge in [-0.3, -0.25) is 9.78 Å². The van der Waals surface area contributed by atoms with Crippen molar-refractivity contribution in [2.24, 2.45) is 0 Å². The lowest BCUT2D eigenvalue weighted by molar-refractivity contribution is 0.101. The first-order valence-electron chi connectivity index (χ1n) is 5.70. The number of pyridine rings is 1. The Balaban J connectivity index is 2.09. The van der Waals surface area contributed by atoms with Gasteiger partial charge in [-0.05, 0) is 43.3 Å². The van der Waals surface area contributed by atoms with Crippen LogP contribution in [0.25, 0.3) is 10.9 Å². The smallest absolute Gasteiger partial charge is 0.228 e. The summed E-state index contributed by atoms with van der Waals surface area (Å²) in [4.78, 5) is 16.5. The van der Waals surface area contributed by atoms with Crippen molar-refractivity contribution in [1.82, 2.24) is 4.98 Å². The Morgan fingerprint density at radius 1 is 1.17 bits per heavy atom. The molecular weight excluding hydrogens is 226 g/mol. The summed E-state index contributed by atoms with van der Waals surface area (Å²) < 4.78 is 5.12. The van der Waals surface area contributed by atoms with Crippen LogP contribution in [0, 0.1) is 6.92 Å². The monoisotopic (exact) mass is 237 g/mol. The van der Waals surface area contributed by atoms with Crippen LogP contribution >= 0.6 is 0 Å². The van der Waals surface area contributed by atoms with Gasteiger partial charge < -0.3 is 4.42 Å². The molecule has 0 aliphatic heterocycles. The molecule has 18 heavy (non-hydrogen) atoms. The molecule has 3 heteroatoms. The molecule has 3 rings (SSSR count). The van der Waals surface area contributed by atoms with E-state index < -0.39 is 0 Å². The fourth-order valence-electron chi connectivity index (χ4n) is 1.92. The maximum absolute atomic E-state index is 12.1. The minimum Gasteiger partial charge on any atom is -0.461 e. The van der Waals surface area contributed by atoms with E-state index >= 15 is 0 Å². The Morgan fingerprint density at radius 2 is 2.06 bits per heavy atom. The van der Waals surface area contributed by atoms with Gasteiger partial charge in [-0.1, -0.05) is 6.07 Å². The zero-order valence-electron chi connectivity index (χ0n) is 9.88. The number of aryl methyl sites for hydroxylation is 1. The number of hydrogen-bond acceptors (Lipinski definition) is 3. The van der Waals surface area contributed by atoms with Crippen LogP contribution in [0.5, 0.6) is 0 Å². The number of carbonyl (C=O) groups excluding carboxylic acids is 1. The maximum Gasteiger partial charge on any atom is 0.228 e. The number of hydrogen-bond donors (Lipinski definition) is 0. The van der Waals surface area contributed by atoms with Gasteiger partial charge in [-0.2, -0.15) is 0 Å². The molecule has 3 nitrogen and oxygen atoms in total. The minimum atomic E-state index is -0.109. The van der Waals surface area contributed by atoms with E-state index in [4.69, 9.17) is 4.42 Å². The molecule has 2 heterocycles. The first kappa shape index (κ1) is 10.7. The molecule has 3 aromatic rings. The summed E-state index contributed by atoms with van der Waals surface area (Å²) in [6, 6.07) is 12.8. The molecule has 0 aliphatic carbocycles. The van der Waals surface area contributed by atoms with Crippen LogP contribution < -0.4 is 0 Å². The van der Waals surface area contributed by atoms with E-state index in [1.54, 1.807) is 18.2 Å². The van der Waals surface area contributed by atoms with E-state index in [-0.39, 0.29) is 5.78 Å². The number of nitrogens with zero attached hydrogens (tertiary/aromatic N) is 1. The number of carbonyl (C=O) groups is 1. The lowest BCUT2D eigenvalue weighted by Crippen LogP contribution is -1.99. The third-order valence-corrected chi connectivity index (χ3v) is 2.84.